The Kier molecular flexibility index (Phi) is 4.39. The molecule has 4 unspecified atom stereocenters. The van der Waals surface area contributed by atoms with Gasteiger partial charge in [0.2, 0.25) is 0 Å². The van der Waals surface area contributed by atoms with Crippen molar-refractivity contribution in [2.24, 2.45) is 11.8 Å². The summed E-state index contributed by atoms with van der Waals surface area (Å²) >= 11 is 0. The fraction of sp³-hybridized carbons (Fsp3) is 1.00. The quantitative estimate of drug-likeness (QED) is 0.743. The summed E-state index contributed by atoms with van der Waals surface area (Å²) in [5.41, 5.74) is 0. The zero-order valence-corrected chi connectivity index (χ0v) is 10.4. The highest BCUT2D eigenvalue weighted by atomic mass is 15.2. The highest BCUT2D eigenvalue weighted by Crippen LogP contribution is 2.26. The summed E-state index contributed by atoms with van der Waals surface area (Å²) in [6, 6.07) is 1.49. The van der Waals surface area contributed by atoms with Crippen LogP contribution in [0.1, 0.15) is 34.1 Å². The van der Waals surface area contributed by atoms with E-state index >= 15 is 0 Å². The molecule has 1 aliphatic rings. The molecule has 14 heavy (non-hydrogen) atoms. The number of hydrogen-bond acceptors (Lipinski definition) is 2. The van der Waals surface area contributed by atoms with Gasteiger partial charge in [-0.15, -0.1) is 0 Å². The van der Waals surface area contributed by atoms with Crippen LogP contribution in [0.15, 0.2) is 0 Å². The molecule has 84 valence electrons. The molecule has 2 nitrogen and oxygen atoms in total. The summed E-state index contributed by atoms with van der Waals surface area (Å²) in [6.07, 6.45) is 1.37. The van der Waals surface area contributed by atoms with E-state index in [1.807, 2.05) is 7.05 Å². The Labute approximate surface area is 89.1 Å². The van der Waals surface area contributed by atoms with Crippen LogP contribution in [0, 0.1) is 11.8 Å². The SMILES string of the molecule is CNCC(C)C(C)N1CC(C)CC1C. The van der Waals surface area contributed by atoms with E-state index in [0.29, 0.717) is 6.04 Å². The minimum atomic E-state index is 0.711. The zero-order chi connectivity index (χ0) is 10.7. The van der Waals surface area contributed by atoms with E-state index in [4.69, 9.17) is 0 Å². The van der Waals surface area contributed by atoms with E-state index in [1.165, 1.54) is 13.0 Å². The molecule has 0 bridgehead atoms. The molecule has 1 rings (SSSR count). The van der Waals surface area contributed by atoms with Crippen LogP contribution in [-0.2, 0) is 0 Å². The third kappa shape index (κ3) is 2.71. The first kappa shape index (κ1) is 12.0. The van der Waals surface area contributed by atoms with Gasteiger partial charge in [0, 0.05) is 18.6 Å². The predicted octanol–water partition coefficient (Wildman–Crippen LogP) is 1.96. The van der Waals surface area contributed by atoms with E-state index in [1.54, 1.807) is 0 Å². The first-order valence-corrected chi connectivity index (χ1v) is 5.96. The van der Waals surface area contributed by atoms with Gasteiger partial charge in [0.15, 0.2) is 0 Å². The fourth-order valence-electron chi connectivity index (χ4n) is 2.72. The lowest BCUT2D eigenvalue weighted by atomic mass is 10.0. The van der Waals surface area contributed by atoms with Crippen molar-refractivity contribution in [2.45, 2.75) is 46.2 Å². The van der Waals surface area contributed by atoms with Crippen LogP contribution in [0.5, 0.6) is 0 Å². The summed E-state index contributed by atoms with van der Waals surface area (Å²) in [7, 11) is 2.04. The molecule has 0 saturated carbocycles. The minimum Gasteiger partial charge on any atom is -0.319 e. The Morgan fingerprint density at radius 2 is 2.00 bits per heavy atom. The van der Waals surface area contributed by atoms with Crippen molar-refractivity contribution in [3.05, 3.63) is 0 Å². The maximum atomic E-state index is 3.27. The summed E-state index contributed by atoms with van der Waals surface area (Å²) in [6.45, 7) is 11.9. The van der Waals surface area contributed by atoms with E-state index in [-0.39, 0.29) is 0 Å². The second-order valence-corrected chi connectivity index (χ2v) is 5.16. The predicted molar refractivity (Wildman–Crippen MR) is 62.5 cm³/mol. The molecule has 0 aromatic rings. The summed E-state index contributed by atoms with van der Waals surface area (Å²) in [4.78, 5) is 2.67. The van der Waals surface area contributed by atoms with E-state index in [2.05, 4.69) is 37.9 Å². The molecule has 0 amide bonds. The number of hydrogen-bond donors (Lipinski definition) is 1. The van der Waals surface area contributed by atoms with Gasteiger partial charge in [0.05, 0.1) is 0 Å². The average Bonchev–Trinajstić information content (AvgIpc) is 2.44. The molecule has 1 aliphatic heterocycles. The van der Waals surface area contributed by atoms with Gasteiger partial charge in [0.1, 0.15) is 0 Å². The van der Waals surface area contributed by atoms with Crippen LogP contribution in [0.25, 0.3) is 0 Å². The van der Waals surface area contributed by atoms with Crippen LogP contribution >= 0.6 is 0 Å². The van der Waals surface area contributed by atoms with Gasteiger partial charge in [-0.2, -0.15) is 0 Å². The molecule has 0 aromatic carbocycles. The summed E-state index contributed by atoms with van der Waals surface area (Å²) in [5, 5.41) is 3.27. The van der Waals surface area contributed by atoms with Gasteiger partial charge < -0.3 is 5.32 Å². The standard InChI is InChI=1S/C12H26N2/c1-9-6-11(3)14(8-9)12(4)10(2)7-13-5/h9-13H,6-8H2,1-5H3. The van der Waals surface area contributed by atoms with Gasteiger partial charge in [0.25, 0.3) is 0 Å². The van der Waals surface area contributed by atoms with Crippen LogP contribution in [0.3, 0.4) is 0 Å². The fourth-order valence-corrected chi connectivity index (χ4v) is 2.72. The second kappa shape index (κ2) is 5.13. The maximum Gasteiger partial charge on any atom is 0.0108 e. The molecule has 0 aromatic heterocycles. The zero-order valence-electron chi connectivity index (χ0n) is 10.4. The van der Waals surface area contributed by atoms with Crippen molar-refractivity contribution in [3.63, 3.8) is 0 Å². The molecule has 2 heteroatoms. The molecule has 0 spiro atoms. The van der Waals surface area contributed by atoms with E-state index in [9.17, 15) is 0 Å². The van der Waals surface area contributed by atoms with Crippen LogP contribution in [-0.4, -0.2) is 37.1 Å². The van der Waals surface area contributed by atoms with Gasteiger partial charge in [-0.1, -0.05) is 13.8 Å². The largest absolute Gasteiger partial charge is 0.319 e. The average molecular weight is 198 g/mol. The lowest BCUT2D eigenvalue weighted by molar-refractivity contribution is 0.152. The molecule has 1 heterocycles. The third-order valence-electron chi connectivity index (χ3n) is 3.70. The topological polar surface area (TPSA) is 15.3 Å². The smallest absolute Gasteiger partial charge is 0.0108 e. The lowest BCUT2D eigenvalue weighted by Crippen LogP contribution is -2.42. The van der Waals surface area contributed by atoms with E-state index in [0.717, 1.165) is 24.4 Å². The second-order valence-electron chi connectivity index (χ2n) is 5.16. The van der Waals surface area contributed by atoms with Crippen molar-refractivity contribution < 1.29 is 0 Å². The normalized spacial score (nSPS) is 33.2. The maximum absolute atomic E-state index is 3.27. The van der Waals surface area contributed by atoms with Crippen molar-refractivity contribution in [2.75, 3.05) is 20.1 Å². The van der Waals surface area contributed by atoms with Crippen molar-refractivity contribution >= 4 is 0 Å². The molecule has 1 saturated heterocycles. The molecular weight excluding hydrogens is 172 g/mol. The summed E-state index contributed by atoms with van der Waals surface area (Å²) < 4.78 is 0. The van der Waals surface area contributed by atoms with E-state index < -0.39 is 0 Å². The number of nitrogens with zero attached hydrogens (tertiary/aromatic N) is 1. The minimum absolute atomic E-state index is 0.711. The number of rotatable bonds is 4. The Bertz CT molecular complexity index is 170. The first-order valence-electron chi connectivity index (χ1n) is 5.96. The Hall–Kier alpha value is -0.0800. The monoisotopic (exact) mass is 198 g/mol. The molecule has 4 atom stereocenters. The molecule has 0 aliphatic carbocycles. The van der Waals surface area contributed by atoms with Gasteiger partial charge in [-0.25, -0.2) is 0 Å². The molecular formula is C12H26N2. The van der Waals surface area contributed by atoms with Crippen LogP contribution in [0.2, 0.25) is 0 Å². The van der Waals surface area contributed by atoms with Crippen LogP contribution in [0.4, 0.5) is 0 Å². The van der Waals surface area contributed by atoms with Gasteiger partial charge in [-0.05, 0) is 45.7 Å². The van der Waals surface area contributed by atoms with Crippen LogP contribution < -0.4 is 5.32 Å². The highest BCUT2D eigenvalue weighted by Gasteiger charge is 2.31. The molecule has 0 radical (unpaired) electrons. The third-order valence-corrected chi connectivity index (χ3v) is 3.70. The van der Waals surface area contributed by atoms with Gasteiger partial charge in [-0.3, -0.25) is 4.90 Å². The molecule has 1 fully saturated rings. The van der Waals surface area contributed by atoms with Crippen molar-refractivity contribution in [1.82, 2.24) is 10.2 Å². The first-order chi connectivity index (χ1) is 6.56. The Balaban J connectivity index is 2.47. The van der Waals surface area contributed by atoms with Crippen molar-refractivity contribution in [1.29, 1.82) is 0 Å². The Morgan fingerprint density at radius 3 is 2.43 bits per heavy atom. The number of likely N-dealkylation sites (tertiary alicyclic amines) is 1. The number of nitrogens with one attached hydrogen (secondary N) is 1. The lowest BCUT2D eigenvalue weighted by Gasteiger charge is -2.33. The molecule has 1 N–H and O–H groups in total. The van der Waals surface area contributed by atoms with Gasteiger partial charge >= 0.3 is 0 Å². The highest BCUT2D eigenvalue weighted by molar-refractivity contribution is 4.86. The van der Waals surface area contributed by atoms with Crippen molar-refractivity contribution in [3.8, 4) is 0 Å². The summed E-state index contributed by atoms with van der Waals surface area (Å²) in [5.74, 6) is 1.63. The Morgan fingerprint density at radius 1 is 1.36 bits per heavy atom.